The zero-order valence-corrected chi connectivity index (χ0v) is 16.3. The van der Waals surface area contributed by atoms with Crippen molar-refractivity contribution in [2.75, 3.05) is 38.0 Å². The maximum Gasteiger partial charge on any atom is 0.270 e. The molecule has 0 saturated carbocycles. The summed E-state index contributed by atoms with van der Waals surface area (Å²) in [4.78, 5) is 42.3. The van der Waals surface area contributed by atoms with Crippen molar-refractivity contribution < 1.29 is 19.0 Å². The number of nitrogens with zero attached hydrogens (tertiary/aromatic N) is 4. The van der Waals surface area contributed by atoms with E-state index in [2.05, 4.69) is 15.5 Å². The molecular weight excluding hydrogens is 392 g/mol. The van der Waals surface area contributed by atoms with Crippen molar-refractivity contribution in [3.8, 4) is 0 Å². The second-order valence-electron chi connectivity index (χ2n) is 7.13. The van der Waals surface area contributed by atoms with Crippen LogP contribution in [-0.2, 0) is 4.79 Å². The Kier molecular flexibility index (Phi) is 5.19. The van der Waals surface area contributed by atoms with Crippen LogP contribution in [0.2, 0.25) is 0 Å². The van der Waals surface area contributed by atoms with Crippen LogP contribution in [0.3, 0.4) is 0 Å². The molecule has 4 rings (SSSR count). The van der Waals surface area contributed by atoms with Crippen LogP contribution in [-0.4, -0.2) is 69.4 Å². The molecule has 1 aromatic carbocycles. The van der Waals surface area contributed by atoms with Gasteiger partial charge in [-0.3, -0.25) is 24.6 Å². The number of nitrogens with one attached hydrogen (secondary N) is 2. The van der Waals surface area contributed by atoms with Crippen LogP contribution in [0.4, 0.5) is 11.5 Å². The Morgan fingerprint density at radius 3 is 2.70 bits per heavy atom. The maximum absolute atomic E-state index is 12.9. The van der Waals surface area contributed by atoms with Gasteiger partial charge < -0.3 is 19.7 Å². The van der Waals surface area contributed by atoms with E-state index < -0.39 is 4.92 Å². The topological polar surface area (TPSA) is 138 Å². The SMILES string of the molecule is Cc1cc(NC(=O)CN2CCN(C(=O)c3c[nH]c4ccc([N+](=O)[O-])cc34)CC2)no1. The Hall–Kier alpha value is -3.73. The standard InChI is InChI=1S/C19H20N6O5/c1-12-8-17(22-30-12)21-18(26)11-23-4-6-24(7-5-23)19(27)15-10-20-16-3-2-13(25(28)29)9-14(15)16/h2-3,8-10,20H,4-7,11H2,1H3,(H,21,22,26). The van der Waals surface area contributed by atoms with Crippen LogP contribution in [0.1, 0.15) is 16.1 Å². The number of H-pyrrole nitrogens is 1. The van der Waals surface area contributed by atoms with Crippen molar-refractivity contribution >= 4 is 34.2 Å². The predicted octanol–water partition coefficient (Wildman–Crippen LogP) is 1.77. The Morgan fingerprint density at radius 2 is 2.03 bits per heavy atom. The molecule has 30 heavy (non-hydrogen) atoms. The highest BCUT2D eigenvalue weighted by Gasteiger charge is 2.25. The van der Waals surface area contributed by atoms with E-state index in [1.54, 1.807) is 30.2 Å². The van der Waals surface area contributed by atoms with E-state index in [0.29, 0.717) is 54.2 Å². The summed E-state index contributed by atoms with van der Waals surface area (Å²) in [6.45, 7) is 3.92. The largest absolute Gasteiger partial charge is 0.360 e. The van der Waals surface area contributed by atoms with E-state index in [-0.39, 0.29) is 24.0 Å². The van der Waals surface area contributed by atoms with E-state index in [4.69, 9.17) is 4.52 Å². The second-order valence-corrected chi connectivity index (χ2v) is 7.13. The first-order valence-corrected chi connectivity index (χ1v) is 9.41. The molecule has 2 amide bonds. The van der Waals surface area contributed by atoms with E-state index in [1.807, 2.05) is 4.90 Å². The highest BCUT2D eigenvalue weighted by atomic mass is 16.6. The van der Waals surface area contributed by atoms with Crippen LogP contribution in [0.25, 0.3) is 10.9 Å². The Bertz CT molecular complexity index is 1110. The zero-order chi connectivity index (χ0) is 21.3. The van der Waals surface area contributed by atoms with Crippen molar-refractivity contribution in [1.29, 1.82) is 0 Å². The molecule has 3 heterocycles. The molecule has 11 nitrogen and oxygen atoms in total. The number of nitro groups is 1. The molecule has 0 bridgehead atoms. The van der Waals surface area contributed by atoms with Crippen LogP contribution >= 0.6 is 0 Å². The number of nitro benzene ring substituents is 1. The Morgan fingerprint density at radius 1 is 1.27 bits per heavy atom. The molecule has 0 aliphatic carbocycles. The molecule has 0 spiro atoms. The lowest BCUT2D eigenvalue weighted by Gasteiger charge is -2.34. The van der Waals surface area contributed by atoms with Crippen molar-refractivity contribution in [3.63, 3.8) is 0 Å². The first-order valence-electron chi connectivity index (χ1n) is 9.41. The minimum Gasteiger partial charge on any atom is -0.360 e. The monoisotopic (exact) mass is 412 g/mol. The number of non-ortho nitro benzene ring substituents is 1. The van der Waals surface area contributed by atoms with Gasteiger partial charge in [-0.1, -0.05) is 5.16 Å². The number of carbonyl (C=O) groups excluding carboxylic acids is 2. The molecular formula is C19H20N6O5. The highest BCUT2D eigenvalue weighted by Crippen LogP contribution is 2.25. The van der Waals surface area contributed by atoms with E-state index in [9.17, 15) is 19.7 Å². The number of anilines is 1. The summed E-state index contributed by atoms with van der Waals surface area (Å²) in [5, 5.41) is 18.0. The number of benzene rings is 1. The number of carbonyl (C=O) groups is 2. The third-order valence-electron chi connectivity index (χ3n) is 5.03. The fraction of sp³-hybridized carbons (Fsp3) is 0.316. The molecule has 1 aliphatic heterocycles. The number of hydrogen-bond acceptors (Lipinski definition) is 7. The van der Waals surface area contributed by atoms with E-state index in [1.165, 1.54) is 12.1 Å². The molecule has 1 fully saturated rings. The second kappa shape index (κ2) is 7.95. The van der Waals surface area contributed by atoms with Gasteiger partial charge in [0, 0.05) is 61.5 Å². The van der Waals surface area contributed by atoms with Crippen LogP contribution in [0.5, 0.6) is 0 Å². The van der Waals surface area contributed by atoms with Crippen LogP contribution in [0.15, 0.2) is 35.0 Å². The minimum absolute atomic E-state index is 0.0608. The number of aryl methyl sites for hydroxylation is 1. The normalized spacial score (nSPS) is 14.8. The van der Waals surface area contributed by atoms with Gasteiger partial charge >= 0.3 is 0 Å². The molecule has 3 aromatic rings. The number of amides is 2. The minimum atomic E-state index is -0.481. The fourth-order valence-electron chi connectivity index (χ4n) is 3.49. The summed E-state index contributed by atoms with van der Waals surface area (Å²) in [6, 6.07) is 6.04. The van der Waals surface area contributed by atoms with E-state index in [0.717, 1.165) is 0 Å². The number of rotatable bonds is 5. The quantitative estimate of drug-likeness (QED) is 0.481. The van der Waals surface area contributed by atoms with Gasteiger partial charge in [0.05, 0.1) is 17.0 Å². The molecule has 0 radical (unpaired) electrons. The fourth-order valence-corrected chi connectivity index (χ4v) is 3.49. The van der Waals surface area contributed by atoms with Crippen molar-refractivity contribution in [2.24, 2.45) is 0 Å². The van der Waals surface area contributed by atoms with Gasteiger partial charge in [-0.2, -0.15) is 0 Å². The van der Waals surface area contributed by atoms with Gasteiger partial charge in [-0.15, -0.1) is 0 Å². The predicted molar refractivity (Wildman–Crippen MR) is 107 cm³/mol. The third-order valence-corrected chi connectivity index (χ3v) is 5.03. The lowest BCUT2D eigenvalue weighted by Crippen LogP contribution is -2.50. The van der Waals surface area contributed by atoms with Crippen LogP contribution in [0, 0.1) is 17.0 Å². The molecule has 11 heteroatoms. The Labute approximate surface area is 170 Å². The molecule has 156 valence electrons. The van der Waals surface area contributed by atoms with E-state index >= 15 is 0 Å². The van der Waals surface area contributed by atoms with Gasteiger partial charge in [-0.05, 0) is 13.0 Å². The third kappa shape index (κ3) is 4.01. The summed E-state index contributed by atoms with van der Waals surface area (Å²) in [5.41, 5.74) is 1.01. The van der Waals surface area contributed by atoms with Gasteiger partial charge in [0.1, 0.15) is 5.76 Å². The van der Waals surface area contributed by atoms with Crippen molar-refractivity contribution in [1.82, 2.24) is 19.9 Å². The van der Waals surface area contributed by atoms with Gasteiger partial charge in [0.15, 0.2) is 5.82 Å². The lowest BCUT2D eigenvalue weighted by atomic mass is 10.1. The highest BCUT2D eigenvalue weighted by molar-refractivity contribution is 6.07. The zero-order valence-electron chi connectivity index (χ0n) is 16.3. The molecule has 2 N–H and O–H groups in total. The van der Waals surface area contributed by atoms with Crippen molar-refractivity contribution in [2.45, 2.75) is 6.92 Å². The van der Waals surface area contributed by atoms with Gasteiger partial charge in [0.2, 0.25) is 5.91 Å². The summed E-state index contributed by atoms with van der Waals surface area (Å²) < 4.78 is 4.92. The average Bonchev–Trinajstić information content (AvgIpc) is 3.33. The summed E-state index contributed by atoms with van der Waals surface area (Å²) >= 11 is 0. The van der Waals surface area contributed by atoms with Gasteiger partial charge in [-0.25, -0.2) is 0 Å². The first kappa shape index (κ1) is 19.6. The first-order chi connectivity index (χ1) is 14.4. The maximum atomic E-state index is 12.9. The molecule has 1 aliphatic rings. The van der Waals surface area contributed by atoms with Gasteiger partial charge in [0.25, 0.3) is 11.6 Å². The summed E-state index contributed by atoms with van der Waals surface area (Å²) in [7, 11) is 0. The average molecular weight is 412 g/mol. The van der Waals surface area contributed by atoms with Crippen LogP contribution < -0.4 is 5.32 Å². The Balaban J connectivity index is 1.36. The molecule has 0 unspecified atom stereocenters. The molecule has 1 saturated heterocycles. The summed E-state index contributed by atoms with van der Waals surface area (Å²) in [5.74, 6) is 0.593. The number of piperazine rings is 1. The number of hydrogen-bond donors (Lipinski definition) is 2. The number of aromatic amines is 1. The molecule has 0 atom stereocenters. The number of aromatic nitrogens is 2. The molecule has 2 aromatic heterocycles. The van der Waals surface area contributed by atoms with Crippen molar-refractivity contribution in [3.05, 3.63) is 51.9 Å². The summed E-state index contributed by atoms with van der Waals surface area (Å²) in [6.07, 6.45) is 1.58. The smallest absolute Gasteiger partial charge is 0.270 e. The lowest BCUT2D eigenvalue weighted by molar-refractivity contribution is -0.384. The number of fused-ring (bicyclic) bond motifs is 1.